The van der Waals surface area contributed by atoms with Gasteiger partial charge in [0.2, 0.25) is 0 Å². The quantitative estimate of drug-likeness (QED) is 0.0326. The summed E-state index contributed by atoms with van der Waals surface area (Å²) in [7, 11) is 0. The van der Waals surface area contributed by atoms with Crippen LogP contribution >= 0.6 is 15.9 Å². The summed E-state index contributed by atoms with van der Waals surface area (Å²) >= 11 is 3.43. The van der Waals surface area contributed by atoms with Gasteiger partial charge < -0.3 is 40.8 Å². The fourth-order valence-electron chi connectivity index (χ4n) is 5.56. The molecule has 0 spiro atoms. The van der Waals surface area contributed by atoms with E-state index in [9.17, 15) is 24.0 Å². The summed E-state index contributed by atoms with van der Waals surface area (Å²) in [6.07, 6.45) is 0.809. The number of hydrogen-bond acceptors (Lipinski definition) is 13. The lowest BCUT2D eigenvalue weighted by molar-refractivity contribution is -0.149. The van der Waals surface area contributed by atoms with Gasteiger partial charge in [0.1, 0.15) is 32.5 Å². The molecule has 0 radical (unpaired) electrons. The SMILES string of the molecule is CCN(CCBr)[C@H](C)CC(=O)OCc1ccccc1.CCN[C@H](C)CC(=O)OCc1ccccc1.C[C@@H](N)CC(=O)OCc1ccccc1.N[C@@H](CC(=O)OCc1ccccc1)C(=O)O. The number of halogens is 1. The van der Waals surface area contributed by atoms with E-state index in [4.69, 9.17) is 35.5 Å². The van der Waals surface area contributed by atoms with E-state index < -0.39 is 18.0 Å². The highest BCUT2D eigenvalue weighted by Gasteiger charge is 2.18. The number of aliphatic carboxylic acids is 1. The molecule has 65 heavy (non-hydrogen) atoms. The molecule has 4 aromatic carbocycles. The largest absolute Gasteiger partial charge is 0.480 e. The Bertz CT molecular complexity index is 1880. The molecule has 0 amide bonds. The van der Waals surface area contributed by atoms with Crippen molar-refractivity contribution in [1.82, 2.24) is 10.2 Å². The van der Waals surface area contributed by atoms with E-state index in [0.29, 0.717) is 32.7 Å². The van der Waals surface area contributed by atoms with Crippen LogP contribution in [0.1, 0.15) is 82.6 Å². The summed E-state index contributed by atoms with van der Waals surface area (Å²) in [5.74, 6) is -2.36. The molecule has 4 rings (SSSR count). The lowest BCUT2D eigenvalue weighted by Crippen LogP contribution is -2.36. The molecule has 356 valence electrons. The standard InChI is InChI=1S/C15H22BrNO2.C13H19NO2.C11H13NO4.C11H15NO2/c1-3-17(10-9-16)13(2)11-15(18)19-12-14-7-5-4-6-8-14;1-3-14-11(2)9-13(15)16-10-12-7-5-4-6-8-12;12-9(11(14)15)6-10(13)16-7-8-4-2-1-3-5-8;1-9(12)7-11(13)14-8-10-5-3-2-4-6-10/h4-8,13H,3,9-12H2,1-2H3;4-8,11,14H,3,9-10H2,1-2H3;1-5,9H,6-7,12H2,(H,14,15);2-6,9H,7-8,12H2,1H3/t13-;11-;2*9-/m1101/s1. The number of alkyl halides is 1. The molecule has 15 heteroatoms. The van der Waals surface area contributed by atoms with Crippen LogP contribution in [0.2, 0.25) is 0 Å². The number of benzene rings is 4. The van der Waals surface area contributed by atoms with Crippen molar-refractivity contribution < 1.29 is 48.0 Å². The highest BCUT2D eigenvalue weighted by molar-refractivity contribution is 9.09. The molecule has 0 aliphatic heterocycles. The van der Waals surface area contributed by atoms with Crippen LogP contribution in [0.5, 0.6) is 0 Å². The zero-order chi connectivity index (χ0) is 48.2. The van der Waals surface area contributed by atoms with Gasteiger partial charge in [0, 0.05) is 30.0 Å². The minimum absolute atomic E-state index is 0.131. The van der Waals surface area contributed by atoms with Crippen LogP contribution < -0.4 is 16.8 Å². The third kappa shape index (κ3) is 30.3. The third-order valence-electron chi connectivity index (χ3n) is 9.05. The molecule has 14 nitrogen and oxygen atoms in total. The van der Waals surface area contributed by atoms with Gasteiger partial charge >= 0.3 is 29.8 Å². The molecule has 6 N–H and O–H groups in total. The zero-order valence-corrected chi connectivity index (χ0v) is 40.0. The molecule has 0 aliphatic carbocycles. The summed E-state index contributed by atoms with van der Waals surface area (Å²) < 4.78 is 20.3. The van der Waals surface area contributed by atoms with E-state index >= 15 is 0 Å². The van der Waals surface area contributed by atoms with Gasteiger partial charge in [-0.25, -0.2) is 0 Å². The molecule has 0 aromatic heterocycles. The van der Waals surface area contributed by atoms with Crippen LogP contribution in [-0.2, 0) is 69.3 Å². The van der Waals surface area contributed by atoms with Crippen molar-refractivity contribution in [3.05, 3.63) is 144 Å². The Labute approximate surface area is 393 Å². The first-order chi connectivity index (χ1) is 31.2. The van der Waals surface area contributed by atoms with Crippen LogP contribution in [-0.4, -0.2) is 89.0 Å². The van der Waals surface area contributed by atoms with Crippen molar-refractivity contribution in [2.24, 2.45) is 11.5 Å². The number of hydrogen-bond donors (Lipinski definition) is 4. The van der Waals surface area contributed by atoms with Gasteiger partial charge in [-0.1, -0.05) is 151 Å². The average Bonchev–Trinajstić information content (AvgIpc) is 3.30. The lowest BCUT2D eigenvalue weighted by atomic mass is 10.2. The first-order valence-corrected chi connectivity index (χ1v) is 22.8. The Hall–Kier alpha value is -5.45. The van der Waals surface area contributed by atoms with Crippen LogP contribution in [0.25, 0.3) is 0 Å². The molecule has 0 saturated carbocycles. The second kappa shape index (κ2) is 35.8. The number of nitrogens with zero attached hydrogens (tertiary/aromatic N) is 1. The van der Waals surface area contributed by atoms with E-state index in [1.807, 2.05) is 135 Å². The number of carbonyl (C=O) groups is 5. The first kappa shape index (κ1) is 57.6. The van der Waals surface area contributed by atoms with E-state index in [-0.39, 0.29) is 55.5 Å². The van der Waals surface area contributed by atoms with Gasteiger partial charge in [-0.05, 0) is 56.1 Å². The predicted octanol–water partition coefficient (Wildman–Crippen LogP) is 7.34. The lowest BCUT2D eigenvalue weighted by Gasteiger charge is -2.26. The number of carbonyl (C=O) groups excluding carboxylic acids is 4. The van der Waals surface area contributed by atoms with Gasteiger partial charge in [0.05, 0.1) is 25.7 Å². The monoisotopic (exact) mass is 964 g/mol. The number of esters is 4. The minimum Gasteiger partial charge on any atom is -0.480 e. The molecular weight excluding hydrogens is 896 g/mol. The molecule has 0 bridgehead atoms. The molecule has 4 atom stereocenters. The summed E-state index contributed by atoms with van der Waals surface area (Å²) in [5.41, 5.74) is 14.5. The van der Waals surface area contributed by atoms with E-state index in [0.717, 1.165) is 47.2 Å². The Balaban J connectivity index is 0.000000436. The maximum atomic E-state index is 11.8. The van der Waals surface area contributed by atoms with Gasteiger partial charge in [-0.2, -0.15) is 0 Å². The number of ether oxygens (including phenoxy) is 4. The molecule has 0 heterocycles. The first-order valence-electron chi connectivity index (χ1n) is 21.7. The molecule has 0 aliphatic rings. The van der Waals surface area contributed by atoms with Gasteiger partial charge in [0.15, 0.2) is 0 Å². The fourth-order valence-corrected chi connectivity index (χ4v) is 6.01. The second-order valence-corrected chi connectivity index (χ2v) is 15.7. The maximum absolute atomic E-state index is 11.8. The number of carboxylic acid groups (broad SMARTS) is 1. The molecule has 4 aromatic rings. The zero-order valence-electron chi connectivity index (χ0n) is 38.4. The summed E-state index contributed by atoms with van der Waals surface area (Å²) in [5, 5.41) is 12.6. The molecule has 0 saturated heterocycles. The summed E-state index contributed by atoms with van der Waals surface area (Å²) in [6.45, 7) is 13.9. The highest BCUT2D eigenvalue weighted by atomic mass is 79.9. The number of nitrogens with two attached hydrogens (primary N) is 2. The average molecular weight is 966 g/mol. The molecular formula is C50H69BrN4O10. The normalized spacial score (nSPS) is 12.1. The van der Waals surface area contributed by atoms with Crippen molar-refractivity contribution in [3.8, 4) is 0 Å². The van der Waals surface area contributed by atoms with Gasteiger partial charge in [0.25, 0.3) is 0 Å². The Morgan fingerprint density at radius 2 is 0.908 bits per heavy atom. The highest BCUT2D eigenvalue weighted by Crippen LogP contribution is 2.09. The number of carboxylic acids is 1. The maximum Gasteiger partial charge on any atom is 0.321 e. The van der Waals surface area contributed by atoms with E-state index in [1.54, 1.807) is 6.92 Å². The van der Waals surface area contributed by atoms with Crippen LogP contribution in [0.4, 0.5) is 0 Å². The summed E-state index contributed by atoms with van der Waals surface area (Å²) in [6, 6.07) is 37.2. The smallest absolute Gasteiger partial charge is 0.321 e. The molecule has 0 fully saturated rings. The third-order valence-corrected chi connectivity index (χ3v) is 9.41. The second-order valence-electron chi connectivity index (χ2n) is 14.9. The van der Waals surface area contributed by atoms with E-state index in [2.05, 4.69) is 40.0 Å². The number of rotatable bonds is 23. The van der Waals surface area contributed by atoms with Crippen LogP contribution in [0.15, 0.2) is 121 Å². The Morgan fingerprint density at radius 1 is 0.569 bits per heavy atom. The number of nitrogens with one attached hydrogen (secondary N) is 1. The van der Waals surface area contributed by atoms with Gasteiger partial charge in [-0.15, -0.1) is 0 Å². The van der Waals surface area contributed by atoms with Crippen molar-refractivity contribution >= 4 is 45.8 Å². The van der Waals surface area contributed by atoms with Gasteiger partial charge in [-0.3, -0.25) is 28.9 Å². The fraction of sp³-hybridized carbons (Fsp3) is 0.420. The predicted molar refractivity (Wildman–Crippen MR) is 256 cm³/mol. The van der Waals surface area contributed by atoms with Crippen molar-refractivity contribution in [1.29, 1.82) is 0 Å². The Morgan fingerprint density at radius 3 is 1.22 bits per heavy atom. The van der Waals surface area contributed by atoms with Crippen molar-refractivity contribution in [3.63, 3.8) is 0 Å². The van der Waals surface area contributed by atoms with E-state index in [1.165, 1.54) is 0 Å². The van der Waals surface area contributed by atoms with Crippen molar-refractivity contribution in [2.45, 2.75) is 111 Å². The van der Waals surface area contributed by atoms with Crippen LogP contribution in [0, 0.1) is 0 Å². The Kier molecular flexibility index (Phi) is 31.7. The van der Waals surface area contributed by atoms with Crippen LogP contribution in [0.3, 0.4) is 0 Å². The topological polar surface area (TPSA) is 210 Å². The summed E-state index contributed by atoms with van der Waals surface area (Å²) in [4.78, 5) is 58.2. The minimum atomic E-state index is -1.21. The molecule has 0 unspecified atom stereocenters. The van der Waals surface area contributed by atoms with Crippen molar-refractivity contribution in [2.75, 3.05) is 25.0 Å².